The zero-order chi connectivity index (χ0) is 19.1. The number of carbonyl (C=O) groups is 1. The highest BCUT2D eigenvalue weighted by Crippen LogP contribution is 2.26. The van der Waals surface area contributed by atoms with Crippen LogP contribution in [-0.2, 0) is 9.53 Å². The maximum atomic E-state index is 12.2. The molecule has 0 spiro atoms. The van der Waals surface area contributed by atoms with Crippen molar-refractivity contribution in [2.24, 2.45) is 0 Å². The van der Waals surface area contributed by atoms with Crippen LogP contribution >= 0.6 is 0 Å². The number of hydrogen-bond acceptors (Lipinski definition) is 5. The molecule has 6 heteroatoms. The standard InChI is InChI=1S/C21H28N4O2/c1-24(2)18-9-7-17(8-10-18)23-21(26)11-12-22-19-5-3-4-6-20(19)25-13-15-27-16-14-25/h3-10,22H,11-16H2,1-2H3,(H,23,26). The topological polar surface area (TPSA) is 56.8 Å². The van der Waals surface area contributed by atoms with Crippen molar-refractivity contribution in [1.29, 1.82) is 0 Å². The van der Waals surface area contributed by atoms with Crippen LogP contribution in [-0.4, -0.2) is 52.9 Å². The molecule has 1 fully saturated rings. The van der Waals surface area contributed by atoms with Crippen LogP contribution in [0.5, 0.6) is 0 Å². The molecule has 0 radical (unpaired) electrons. The first-order valence-electron chi connectivity index (χ1n) is 9.36. The number of hydrogen-bond donors (Lipinski definition) is 2. The van der Waals surface area contributed by atoms with Crippen LogP contribution in [0.15, 0.2) is 48.5 Å². The third-order valence-electron chi connectivity index (χ3n) is 4.59. The molecule has 0 aromatic heterocycles. The molecule has 0 saturated carbocycles. The number of anilines is 4. The fourth-order valence-electron chi connectivity index (χ4n) is 3.08. The Kier molecular flexibility index (Phi) is 6.54. The molecule has 1 aliphatic rings. The molecule has 6 nitrogen and oxygen atoms in total. The number of benzene rings is 2. The van der Waals surface area contributed by atoms with E-state index in [-0.39, 0.29) is 5.91 Å². The van der Waals surface area contributed by atoms with Gasteiger partial charge in [0.25, 0.3) is 0 Å². The number of nitrogens with one attached hydrogen (secondary N) is 2. The molecule has 2 aromatic rings. The van der Waals surface area contributed by atoms with Gasteiger partial charge in [0, 0.05) is 51.5 Å². The second kappa shape index (κ2) is 9.28. The highest BCUT2D eigenvalue weighted by atomic mass is 16.5. The third-order valence-corrected chi connectivity index (χ3v) is 4.59. The van der Waals surface area contributed by atoms with E-state index in [9.17, 15) is 4.79 Å². The average Bonchev–Trinajstić information content (AvgIpc) is 2.69. The molecule has 0 aliphatic carbocycles. The Morgan fingerprint density at radius 3 is 2.48 bits per heavy atom. The molecule has 0 unspecified atom stereocenters. The van der Waals surface area contributed by atoms with E-state index in [1.807, 2.05) is 55.4 Å². The fraction of sp³-hybridized carbons (Fsp3) is 0.381. The highest BCUT2D eigenvalue weighted by Gasteiger charge is 2.14. The maximum absolute atomic E-state index is 12.2. The molecular weight excluding hydrogens is 340 g/mol. The zero-order valence-electron chi connectivity index (χ0n) is 16.1. The van der Waals surface area contributed by atoms with Gasteiger partial charge in [-0.25, -0.2) is 0 Å². The van der Waals surface area contributed by atoms with Gasteiger partial charge in [-0.05, 0) is 36.4 Å². The number of nitrogens with zero attached hydrogens (tertiary/aromatic N) is 2. The summed E-state index contributed by atoms with van der Waals surface area (Å²) in [6.07, 6.45) is 0.410. The quantitative estimate of drug-likeness (QED) is 0.787. The molecule has 1 amide bonds. The van der Waals surface area contributed by atoms with Gasteiger partial charge in [-0.2, -0.15) is 0 Å². The number of para-hydroxylation sites is 2. The van der Waals surface area contributed by atoms with Gasteiger partial charge in [-0.3, -0.25) is 4.79 Å². The molecule has 3 rings (SSSR count). The van der Waals surface area contributed by atoms with E-state index in [2.05, 4.69) is 27.7 Å². The van der Waals surface area contributed by atoms with Crippen LogP contribution in [0, 0.1) is 0 Å². The summed E-state index contributed by atoms with van der Waals surface area (Å²) in [4.78, 5) is 16.6. The first-order chi connectivity index (χ1) is 13.1. The molecular formula is C21H28N4O2. The van der Waals surface area contributed by atoms with Crippen LogP contribution in [0.1, 0.15) is 6.42 Å². The van der Waals surface area contributed by atoms with Gasteiger partial charge < -0.3 is 25.2 Å². The fourth-order valence-corrected chi connectivity index (χ4v) is 3.08. The molecule has 27 heavy (non-hydrogen) atoms. The van der Waals surface area contributed by atoms with Crippen LogP contribution < -0.4 is 20.4 Å². The molecule has 2 aromatic carbocycles. The van der Waals surface area contributed by atoms with E-state index < -0.39 is 0 Å². The van der Waals surface area contributed by atoms with Gasteiger partial charge in [0.1, 0.15) is 0 Å². The Balaban J connectivity index is 1.50. The van der Waals surface area contributed by atoms with Gasteiger partial charge >= 0.3 is 0 Å². The van der Waals surface area contributed by atoms with Crippen molar-refractivity contribution in [3.63, 3.8) is 0 Å². The smallest absolute Gasteiger partial charge is 0.226 e. The largest absolute Gasteiger partial charge is 0.383 e. The minimum absolute atomic E-state index is 0.00366. The summed E-state index contributed by atoms with van der Waals surface area (Å²) in [5.41, 5.74) is 4.15. The summed E-state index contributed by atoms with van der Waals surface area (Å²) in [7, 11) is 3.99. The minimum atomic E-state index is 0.00366. The minimum Gasteiger partial charge on any atom is -0.383 e. The van der Waals surface area contributed by atoms with E-state index in [0.29, 0.717) is 13.0 Å². The average molecular weight is 368 g/mol. The molecule has 1 saturated heterocycles. The summed E-state index contributed by atoms with van der Waals surface area (Å²) in [6, 6.07) is 16.1. The molecule has 2 N–H and O–H groups in total. The Morgan fingerprint density at radius 1 is 1.07 bits per heavy atom. The lowest BCUT2D eigenvalue weighted by atomic mass is 10.2. The summed E-state index contributed by atoms with van der Waals surface area (Å²) in [6.45, 7) is 3.87. The van der Waals surface area contributed by atoms with Crippen molar-refractivity contribution in [3.8, 4) is 0 Å². The normalized spacial score (nSPS) is 13.9. The molecule has 0 atom stereocenters. The molecule has 0 bridgehead atoms. The lowest BCUT2D eigenvalue weighted by Crippen LogP contribution is -2.36. The van der Waals surface area contributed by atoms with Crippen molar-refractivity contribution in [2.75, 3.05) is 67.4 Å². The Bertz CT molecular complexity index is 740. The van der Waals surface area contributed by atoms with Gasteiger partial charge in [-0.15, -0.1) is 0 Å². The van der Waals surface area contributed by atoms with Gasteiger partial charge in [0.05, 0.1) is 24.6 Å². The molecule has 144 valence electrons. The first-order valence-corrected chi connectivity index (χ1v) is 9.36. The van der Waals surface area contributed by atoms with Crippen LogP contribution in [0.3, 0.4) is 0 Å². The van der Waals surface area contributed by atoms with Crippen LogP contribution in [0.2, 0.25) is 0 Å². The zero-order valence-corrected chi connectivity index (χ0v) is 16.1. The van der Waals surface area contributed by atoms with E-state index in [1.165, 1.54) is 5.69 Å². The summed E-state index contributed by atoms with van der Waals surface area (Å²) >= 11 is 0. The second-order valence-electron chi connectivity index (χ2n) is 6.78. The predicted molar refractivity (Wildman–Crippen MR) is 112 cm³/mol. The summed E-state index contributed by atoms with van der Waals surface area (Å²) in [5, 5.41) is 6.35. The number of rotatable bonds is 7. The van der Waals surface area contributed by atoms with Crippen molar-refractivity contribution >= 4 is 28.7 Å². The third kappa shape index (κ3) is 5.37. The predicted octanol–water partition coefficient (Wildman–Crippen LogP) is 3.03. The van der Waals surface area contributed by atoms with Crippen LogP contribution in [0.25, 0.3) is 0 Å². The maximum Gasteiger partial charge on any atom is 0.226 e. The van der Waals surface area contributed by atoms with Crippen molar-refractivity contribution in [3.05, 3.63) is 48.5 Å². The highest BCUT2D eigenvalue weighted by molar-refractivity contribution is 5.91. The van der Waals surface area contributed by atoms with Crippen molar-refractivity contribution < 1.29 is 9.53 Å². The SMILES string of the molecule is CN(C)c1ccc(NC(=O)CCNc2ccccc2N2CCOCC2)cc1. The second-order valence-corrected chi connectivity index (χ2v) is 6.78. The van der Waals surface area contributed by atoms with Crippen molar-refractivity contribution in [1.82, 2.24) is 0 Å². The summed E-state index contributed by atoms with van der Waals surface area (Å²) < 4.78 is 5.43. The van der Waals surface area contributed by atoms with E-state index in [0.717, 1.165) is 43.4 Å². The van der Waals surface area contributed by atoms with Gasteiger partial charge in [0.15, 0.2) is 0 Å². The lowest BCUT2D eigenvalue weighted by molar-refractivity contribution is -0.115. The number of ether oxygens (including phenoxy) is 1. The Hall–Kier alpha value is -2.73. The van der Waals surface area contributed by atoms with E-state index in [1.54, 1.807) is 0 Å². The number of amides is 1. The molecule has 1 aliphatic heterocycles. The monoisotopic (exact) mass is 368 g/mol. The van der Waals surface area contributed by atoms with Crippen molar-refractivity contribution in [2.45, 2.75) is 6.42 Å². The van der Waals surface area contributed by atoms with Gasteiger partial charge in [-0.1, -0.05) is 12.1 Å². The first kappa shape index (κ1) is 19.0. The van der Waals surface area contributed by atoms with Gasteiger partial charge in [0.2, 0.25) is 5.91 Å². The number of morpholine rings is 1. The Morgan fingerprint density at radius 2 is 1.78 bits per heavy atom. The van der Waals surface area contributed by atoms with E-state index >= 15 is 0 Å². The summed E-state index contributed by atoms with van der Waals surface area (Å²) in [5.74, 6) is 0.00366. The van der Waals surface area contributed by atoms with E-state index in [4.69, 9.17) is 4.74 Å². The van der Waals surface area contributed by atoms with Crippen LogP contribution in [0.4, 0.5) is 22.7 Å². The molecule has 1 heterocycles. The lowest BCUT2D eigenvalue weighted by Gasteiger charge is -2.30. The number of carbonyl (C=O) groups excluding carboxylic acids is 1. The Labute approximate surface area is 161 Å².